The van der Waals surface area contributed by atoms with E-state index in [2.05, 4.69) is 15.5 Å². The average molecular weight is 552 g/mol. The molecule has 1 aromatic rings. The molecule has 1 saturated carbocycles. The molecule has 0 radical (unpaired) electrons. The summed E-state index contributed by atoms with van der Waals surface area (Å²) >= 11 is 0. The minimum absolute atomic E-state index is 0.0000844. The molecule has 1 heterocycles. The van der Waals surface area contributed by atoms with E-state index in [4.69, 9.17) is 4.74 Å². The van der Waals surface area contributed by atoms with Crippen LogP contribution < -0.4 is 10.6 Å². The number of rotatable bonds is 6. The van der Waals surface area contributed by atoms with Gasteiger partial charge in [0.15, 0.2) is 0 Å². The molecule has 1 saturated heterocycles. The van der Waals surface area contributed by atoms with E-state index in [0.717, 1.165) is 25.7 Å². The number of halogens is 6. The van der Waals surface area contributed by atoms with Crippen LogP contribution >= 0.6 is 0 Å². The summed E-state index contributed by atoms with van der Waals surface area (Å²) < 4.78 is 84.4. The third-order valence-corrected chi connectivity index (χ3v) is 6.92. The monoisotopic (exact) mass is 551 g/mol. The van der Waals surface area contributed by atoms with Gasteiger partial charge in [-0.3, -0.25) is 9.69 Å². The summed E-state index contributed by atoms with van der Waals surface area (Å²) in [6, 6.07) is 0.869. The van der Waals surface area contributed by atoms with Crippen LogP contribution in [0.4, 0.5) is 31.1 Å². The van der Waals surface area contributed by atoms with Crippen molar-refractivity contribution in [1.29, 1.82) is 0 Å². The summed E-state index contributed by atoms with van der Waals surface area (Å²) in [5.74, 6) is -0.958. The molecule has 0 bridgehead atoms. The Morgan fingerprint density at radius 1 is 0.947 bits per heavy atom. The standard InChI is InChI=1S/C26H35F6N3O3/c1-23(2,3)34-22(37)38-24(8-4-5-9-24)16-35-10-6-17(7-11-35)15-33-21(36)18-12-19(25(27,28)29)14-20(13-18)26(30,31)32/h12-14,17H,4-11,15-16H2,1-3H3,(H,33,36)(H,34,37). The van der Waals surface area contributed by atoms with Crippen molar-refractivity contribution in [1.82, 2.24) is 15.5 Å². The van der Waals surface area contributed by atoms with Crippen molar-refractivity contribution in [2.24, 2.45) is 5.92 Å². The highest BCUT2D eigenvalue weighted by Crippen LogP contribution is 2.37. The molecule has 2 fully saturated rings. The number of hydrogen-bond acceptors (Lipinski definition) is 4. The van der Waals surface area contributed by atoms with Gasteiger partial charge in [-0.15, -0.1) is 0 Å². The minimum atomic E-state index is -5.02. The number of piperidine rings is 1. The van der Waals surface area contributed by atoms with Crippen molar-refractivity contribution >= 4 is 12.0 Å². The molecular formula is C26H35F6N3O3. The van der Waals surface area contributed by atoms with Gasteiger partial charge in [-0.1, -0.05) is 0 Å². The maximum Gasteiger partial charge on any atom is 0.416 e. The maximum absolute atomic E-state index is 13.1. The second kappa shape index (κ2) is 11.3. The zero-order valence-electron chi connectivity index (χ0n) is 21.8. The van der Waals surface area contributed by atoms with Crippen molar-refractivity contribution in [3.63, 3.8) is 0 Å². The number of amides is 2. The number of alkyl halides is 6. The molecule has 2 aliphatic rings. The number of benzene rings is 1. The predicted molar refractivity (Wildman–Crippen MR) is 129 cm³/mol. The maximum atomic E-state index is 13.1. The average Bonchev–Trinajstić information content (AvgIpc) is 3.23. The molecule has 2 amide bonds. The fraction of sp³-hybridized carbons (Fsp3) is 0.692. The van der Waals surface area contributed by atoms with E-state index < -0.39 is 52.2 Å². The Balaban J connectivity index is 1.54. The minimum Gasteiger partial charge on any atom is -0.442 e. The first-order valence-electron chi connectivity index (χ1n) is 12.8. The molecule has 1 aliphatic carbocycles. The lowest BCUT2D eigenvalue weighted by Crippen LogP contribution is -2.51. The number of likely N-dealkylation sites (tertiary alicyclic amines) is 1. The van der Waals surface area contributed by atoms with Gasteiger partial charge in [0.25, 0.3) is 5.91 Å². The molecule has 214 valence electrons. The van der Waals surface area contributed by atoms with Crippen LogP contribution in [-0.2, 0) is 17.1 Å². The van der Waals surface area contributed by atoms with Gasteiger partial charge >= 0.3 is 18.4 Å². The van der Waals surface area contributed by atoms with Crippen LogP contribution in [0.15, 0.2) is 18.2 Å². The molecular weight excluding hydrogens is 516 g/mol. The van der Waals surface area contributed by atoms with Crippen LogP contribution in [0.1, 0.15) is 80.8 Å². The Bertz CT molecular complexity index is 957. The molecule has 0 atom stereocenters. The van der Waals surface area contributed by atoms with Gasteiger partial charge in [0.2, 0.25) is 0 Å². The fourth-order valence-electron chi connectivity index (χ4n) is 5.02. The Hall–Kier alpha value is -2.50. The van der Waals surface area contributed by atoms with Crippen molar-refractivity contribution < 1.29 is 40.7 Å². The number of nitrogens with one attached hydrogen (secondary N) is 2. The summed E-state index contributed by atoms with van der Waals surface area (Å²) in [6.45, 7) is 7.71. The van der Waals surface area contributed by atoms with E-state index in [-0.39, 0.29) is 18.5 Å². The largest absolute Gasteiger partial charge is 0.442 e. The first-order chi connectivity index (χ1) is 17.5. The topological polar surface area (TPSA) is 70.7 Å². The summed E-state index contributed by atoms with van der Waals surface area (Å²) in [5, 5.41) is 5.33. The fourth-order valence-corrected chi connectivity index (χ4v) is 5.02. The van der Waals surface area contributed by atoms with Crippen LogP contribution in [0, 0.1) is 5.92 Å². The number of hydrogen-bond donors (Lipinski definition) is 2. The SMILES string of the molecule is CC(C)(C)NC(=O)OC1(CN2CCC(CNC(=O)c3cc(C(F)(F)F)cc(C(F)(F)F)c3)CC2)CCCC1. The Morgan fingerprint density at radius 3 is 1.95 bits per heavy atom. The number of carbonyl (C=O) groups excluding carboxylic acids is 2. The number of nitrogens with zero attached hydrogens (tertiary/aromatic N) is 1. The second-order valence-electron chi connectivity index (χ2n) is 11.4. The summed E-state index contributed by atoms with van der Waals surface area (Å²) in [5.41, 5.74) is -4.70. The van der Waals surface area contributed by atoms with Crippen LogP contribution in [-0.4, -0.2) is 54.2 Å². The van der Waals surface area contributed by atoms with Crippen molar-refractivity contribution in [3.05, 3.63) is 34.9 Å². The number of alkyl carbamates (subject to hydrolysis) is 1. The van der Waals surface area contributed by atoms with Gasteiger partial charge in [-0.05, 0) is 96.5 Å². The quantitative estimate of drug-likeness (QED) is 0.426. The van der Waals surface area contributed by atoms with E-state index >= 15 is 0 Å². The lowest BCUT2D eigenvalue weighted by Gasteiger charge is -2.39. The molecule has 0 spiro atoms. The molecule has 2 N–H and O–H groups in total. The van der Waals surface area contributed by atoms with Gasteiger partial charge in [0, 0.05) is 24.2 Å². The first-order valence-corrected chi connectivity index (χ1v) is 12.8. The second-order valence-corrected chi connectivity index (χ2v) is 11.4. The zero-order valence-corrected chi connectivity index (χ0v) is 21.8. The molecule has 1 aromatic carbocycles. The molecule has 0 aromatic heterocycles. The van der Waals surface area contributed by atoms with E-state index in [1.54, 1.807) is 0 Å². The van der Waals surface area contributed by atoms with Crippen LogP contribution in [0.25, 0.3) is 0 Å². The van der Waals surface area contributed by atoms with Gasteiger partial charge in [0.1, 0.15) is 5.60 Å². The Labute approximate surface area is 218 Å². The van der Waals surface area contributed by atoms with Gasteiger partial charge in [-0.2, -0.15) is 26.3 Å². The summed E-state index contributed by atoms with van der Waals surface area (Å²) in [7, 11) is 0. The molecule has 38 heavy (non-hydrogen) atoms. The van der Waals surface area contributed by atoms with Crippen molar-refractivity contribution in [2.45, 2.75) is 82.8 Å². The summed E-state index contributed by atoms with van der Waals surface area (Å²) in [6.07, 6.45) is -5.63. The normalized spacial score (nSPS) is 19.3. The molecule has 1 aliphatic heterocycles. The smallest absolute Gasteiger partial charge is 0.416 e. The predicted octanol–water partition coefficient (Wildman–Crippen LogP) is 6.00. The third-order valence-electron chi connectivity index (χ3n) is 6.92. The number of ether oxygens (including phenoxy) is 1. The number of carbonyl (C=O) groups is 2. The third kappa shape index (κ3) is 8.51. The van der Waals surface area contributed by atoms with Crippen molar-refractivity contribution in [2.75, 3.05) is 26.2 Å². The van der Waals surface area contributed by atoms with Crippen molar-refractivity contribution in [3.8, 4) is 0 Å². The lowest BCUT2D eigenvalue weighted by molar-refractivity contribution is -0.143. The highest BCUT2D eigenvalue weighted by atomic mass is 19.4. The van der Waals surface area contributed by atoms with Gasteiger partial charge in [-0.25, -0.2) is 4.79 Å². The summed E-state index contributed by atoms with van der Waals surface area (Å²) in [4.78, 5) is 27.1. The van der Waals surface area contributed by atoms with Crippen LogP contribution in [0.3, 0.4) is 0 Å². The van der Waals surface area contributed by atoms with E-state index in [1.165, 1.54) is 0 Å². The van der Waals surface area contributed by atoms with Gasteiger partial charge in [0.05, 0.1) is 11.1 Å². The highest BCUT2D eigenvalue weighted by molar-refractivity contribution is 5.94. The lowest BCUT2D eigenvalue weighted by atomic mass is 9.94. The highest BCUT2D eigenvalue weighted by Gasteiger charge is 2.41. The molecule has 3 rings (SSSR count). The van der Waals surface area contributed by atoms with E-state index in [9.17, 15) is 35.9 Å². The van der Waals surface area contributed by atoms with E-state index in [1.807, 2.05) is 20.8 Å². The molecule has 12 heteroatoms. The Kier molecular flexibility index (Phi) is 8.95. The Morgan fingerprint density at radius 2 is 1.47 bits per heavy atom. The van der Waals surface area contributed by atoms with E-state index in [0.29, 0.717) is 44.6 Å². The molecule has 6 nitrogen and oxygen atoms in total. The van der Waals surface area contributed by atoms with Crippen LogP contribution in [0.2, 0.25) is 0 Å². The van der Waals surface area contributed by atoms with Crippen LogP contribution in [0.5, 0.6) is 0 Å². The zero-order chi connectivity index (χ0) is 28.4. The molecule has 0 unspecified atom stereocenters. The first kappa shape index (κ1) is 30.0. The van der Waals surface area contributed by atoms with Gasteiger partial charge < -0.3 is 15.4 Å².